The molecular weight excluding hydrogens is 224 g/mol. The predicted molar refractivity (Wildman–Crippen MR) is 60.3 cm³/mol. The van der Waals surface area contributed by atoms with Crippen LogP contribution in [-0.2, 0) is 6.42 Å². The van der Waals surface area contributed by atoms with E-state index in [1.54, 1.807) is 0 Å². The van der Waals surface area contributed by atoms with Crippen molar-refractivity contribution < 1.29 is 0 Å². The molecular formula is C12H15Br. The van der Waals surface area contributed by atoms with Crippen LogP contribution in [0.15, 0.2) is 24.3 Å². The number of hydrogen-bond acceptors (Lipinski definition) is 0. The fraction of sp³-hybridized carbons (Fsp3) is 0.500. The average Bonchev–Trinajstić information content (AvgIpc) is 2.90. The molecule has 0 unspecified atom stereocenters. The monoisotopic (exact) mass is 238 g/mol. The summed E-state index contributed by atoms with van der Waals surface area (Å²) in [6, 6.07) is 8.94. The topological polar surface area (TPSA) is 0 Å². The Hall–Kier alpha value is -0.300. The van der Waals surface area contributed by atoms with E-state index < -0.39 is 0 Å². The molecule has 0 heterocycles. The number of rotatable bonds is 3. The van der Waals surface area contributed by atoms with Crippen molar-refractivity contribution in [2.45, 2.75) is 26.2 Å². The molecule has 0 aromatic heterocycles. The van der Waals surface area contributed by atoms with Gasteiger partial charge in [-0.05, 0) is 37.2 Å². The predicted octanol–water partition coefficient (Wildman–Crippen LogP) is 3.71. The van der Waals surface area contributed by atoms with Gasteiger partial charge in [0, 0.05) is 5.33 Å². The van der Waals surface area contributed by atoms with Crippen LogP contribution in [0.2, 0.25) is 0 Å². The number of benzene rings is 1. The Kier molecular flexibility index (Phi) is 2.46. The van der Waals surface area contributed by atoms with Crippen molar-refractivity contribution in [3.63, 3.8) is 0 Å². The van der Waals surface area contributed by atoms with E-state index in [1.165, 1.54) is 30.4 Å². The van der Waals surface area contributed by atoms with E-state index in [2.05, 4.69) is 47.1 Å². The molecule has 0 spiro atoms. The SMILES string of the molecule is Cc1ccc(CC2(CBr)CC2)cc1. The van der Waals surface area contributed by atoms with E-state index in [4.69, 9.17) is 0 Å². The highest BCUT2D eigenvalue weighted by atomic mass is 79.9. The second kappa shape index (κ2) is 3.45. The molecule has 1 heteroatoms. The van der Waals surface area contributed by atoms with Crippen molar-refractivity contribution >= 4 is 15.9 Å². The standard InChI is InChI=1S/C12H15Br/c1-10-2-4-11(5-3-10)8-12(9-13)6-7-12/h2-5H,6-9H2,1H3. The molecule has 0 atom stereocenters. The van der Waals surface area contributed by atoms with Crippen LogP contribution >= 0.6 is 15.9 Å². The largest absolute Gasteiger partial charge is 0.0922 e. The molecule has 1 aliphatic carbocycles. The maximum Gasteiger partial charge on any atom is 0.00911 e. The molecule has 70 valence electrons. The Bertz CT molecular complexity index is 282. The summed E-state index contributed by atoms with van der Waals surface area (Å²) in [7, 11) is 0. The number of alkyl halides is 1. The molecule has 2 rings (SSSR count). The second-order valence-electron chi connectivity index (χ2n) is 4.30. The first-order chi connectivity index (χ1) is 6.24. The van der Waals surface area contributed by atoms with Gasteiger partial charge in [0.1, 0.15) is 0 Å². The minimum Gasteiger partial charge on any atom is -0.0922 e. The summed E-state index contributed by atoms with van der Waals surface area (Å²) < 4.78 is 0. The van der Waals surface area contributed by atoms with Crippen LogP contribution in [0.1, 0.15) is 24.0 Å². The summed E-state index contributed by atoms with van der Waals surface area (Å²) in [5.41, 5.74) is 3.45. The van der Waals surface area contributed by atoms with E-state index in [0.29, 0.717) is 5.41 Å². The Morgan fingerprint density at radius 3 is 2.31 bits per heavy atom. The van der Waals surface area contributed by atoms with E-state index >= 15 is 0 Å². The van der Waals surface area contributed by atoms with Crippen molar-refractivity contribution in [3.8, 4) is 0 Å². The molecule has 1 aromatic carbocycles. The van der Waals surface area contributed by atoms with Crippen LogP contribution in [0, 0.1) is 12.3 Å². The third-order valence-electron chi connectivity index (χ3n) is 2.94. The zero-order chi connectivity index (χ0) is 9.31. The molecule has 0 amide bonds. The van der Waals surface area contributed by atoms with Crippen molar-refractivity contribution in [2.75, 3.05) is 5.33 Å². The Balaban J connectivity index is 2.06. The maximum absolute atomic E-state index is 3.61. The van der Waals surface area contributed by atoms with Gasteiger partial charge in [0.15, 0.2) is 0 Å². The Morgan fingerprint density at radius 2 is 1.85 bits per heavy atom. The fourth-order valence-electron chi connectivity index (χ4n) is 1.67. The normalized spacial score (nSPS) is 18.6. The second-order valence-corrected chi connectivity index (χ2v) is 4.86. The summed E-state index contributed by atoms with van der Waals surface area (Å²) in [5, 5.41) is 1.16. The fourth-order valence-corrected chi connectivity index (χ4v) is 2.43. The summed E-state index contributed by atoms with van der Waals surface area (Å²) in [5.74, 6) is 0. The smallest absolute Gasteiger partial charge is 0.00911 e. The van der Waals surface area contributed by atoms with Crippen molar-refractivity contribution in [1.29, 1.82) is 0 Å². The minimum atomic E-state index is 0.606. The minimum absolute atomic E-state index is 0.606. The Morgan fingerprint density at radius 1 is 1.23 bits per heavy atom. The van der Waals surface area contributed by atoms with Crippen LogP contribution < -0.4 is 0 Å². The maximum atomic E-state index is 3.61. The lowest BCUT2D eigenvalue weighted by atomic mass is 9.98. The van der Waals surface area contributed by atoms with Crippen molar-refractivity contribution in [2.24, 2.45) is 5.41 Å². The first kappa shape index (κ1) is 9.26. The van der Waals surface area contributed by atoms with Crippen LogP contribution in [0.25, 0.3) is 0 Å². The quantitative estimate of drug-likeness (QED) is 0.705. The van der Waals surface area contributed by atoms with Gasteiger partial charge in [-0.25, -0.2) is 0 Å². The van der Waals surface area contributed by atoms with Gasteiger partial charge in [0.2, 0.25) is 0 Å². The molecule has 1 fully saturated rings. The van der Waals surface area contributed by atoms with Gasteiger partial charge in [0.25, 0.3) is 0 Å². The summed E-state index contributed by atoms with van der Waals surface area (Å²) in [6.07, 6.45) is 4.04. The molecule has 0 nitrogen and oxygen atoms in total. The lowest BCUT2D eigenvalue weighted by Crippen LogP contribution is -2.05. The van der Waals surface area contributed by atoms with Crippen LogP contribution in [0.3, 0.4) is 0 Å². The van der Waals surface area contributed by atoms with Gasteiger partial charge in [-0.2, -0.15) is 0 Å². The van der Waals surface area contributed by atoms with Gasteiger partial charge in [0.05, 0.1) is 0 Å². The lowest BCUT2D eigenvalue weighted by Gasteiger charge is -2.10. The average molecular weight is 239 g/mol. The molecule has 1 saturated carbocycles. The van der Waals surface area contributed by atoms with Gasteiger partial charge >= 0.3 is 0 Å². The molecule has 0 bridgehead atoms. The van der Waals surface area contributed by atoms with Crippen LogP contribution in [-0.4, -0.2) is 5.33 Å². The Labute approximate surface area is 88.5 Å². The number of hydrogen-bond donors (Lipinski definition) is 0. The zero-order valence-corrected chi connectivity index (χ0v) is 9.60. The highest BCUT2D eigenvalue weighted by Crippen LogP contribution is 2.49. The van der Waals surface area contributed by atoms with E-state index in [9.17, 15) is 0 Å². The van der Waals surface area contributed by atoms with E-state index in [1.807, 2.05) is 0 Å². The third kappa shape index (κ3) is 2.14. The highest BCUT2D eigenvalue weighted by molar-refractivity contribution is 9.09. The van der Waals surface area contributed by atoms with Crippen LogP contribution in [0.4, 0.5) is 0 Å². The third-order valence-corrected chi connectivity index (χ3v) is 4.13. The summed E-state index contributed by atoms with van der Waals surface area (Å²) >= 11 is 3.61. The molecule has 1 aromatic rings. The molecule has 13 heavy (non-hydrogen) atoms. The summed E-state index contributed by atoms with van der Waals surface area (Å²) in [6.45, 7) is 2.14. The lowest BCUT2D eigenvalue weighted by molar-refractivity contribution is 0.586. The molecule has 0 radical (unpaired) electrons. The number of aryl methyl sites for hydroxylation is 1. The zero-order valence-electron chi connectivity index (χ0n) is 8.02. The first-order valence-corrected chi connectivity index (χ1v) is 5.98. The van der Waals surface area contributed by atoms with Gasteiger partial charge in [-0.3, -0.25) is 0 Å². The molecule has 1 aliphatic rings. The van der Waals surface area contributed by atoms with Gasteiger partial charge < -0.3 is 0 Å². The molecule has 0 N–H and O–H groups in total. The summed E-state index contributed by atoms with van der Waals surface area (Å²) in [4.78, 5) is 0. The van der Waals surface area contributed by atoms with Crippen molar-refractivity contribution in [3.05, 3.63) is 35.4 Å². The van der Waals surface area contributed by atoms with Crippen molar-refractivity contribution in [1.82, 2.24) is 0 Å². The highest BCUT2D eigenvalue weighted by Gasteiger charge is 2.41. The van der Waals surface area contributed by atoms with E-state index in [0.717, 1.165) is 5.33 Å². The van der Waals surface area contributed by atoms with Gasteiger partial charge in [-0.15, -0.1) is 0 Å². The molecule has 0 aliphatic heterocycles. The first-order valence-electron chi connectivity index (χ1n) is 4.86. The van der Waals surface area contributed by atoms with E-state index in [-0.39, 0.29) is 0 Å². The molecule has 0 saturated heterocycles. The number of halogens is 1. The van der Waals surface area contributed by atoms with Gasteiger partial charge in [-0.1, -0.05) is 45.8 Å². The van der Waals surface area contributed by atoms with Crippen LogP contribution in [0.5, 0.6) is 0 Å².